The minimum Gasteiger partial charge on any atom is -0.342 e. The van der Waals surface area contributed by atoms with E-state index in [-0.39, 0.29) is 18.3 Å². The number of aryl methyl sites for hydroxylation is 2. The average Bonchev–Trinajstić information content (AvgIpc) is 2.81. The Morgan fingerprint density at radius 2 is 1.83 bits per heavy atom. The molecule has 2 unspecified atom stereocenters. The number of fused-ring (bicyclic) bond motifs is 2. The predicted molar refractivity (Wildman–Crippen MR) is 95.2 cm³/mol. The van der Waals surface area contributed by atoms with Crippen molar-refractivity contribution in [2.24, 2.45) is 0 Å². The zero-order valence-electron chi connectivity index (χ0n) is 13.9. The van der Waals surface area contributed by atoms with Crippen molar-refractivity contribution >= 4 is 30.1 Å². The Bertz CT molecular complexity index is 539. The maximum Gasteiger partial charge on any atom is 0.233 e. The van der Waals surface area contributed by atoms with E-state index in [2.05, 4.69) is 15.3 Å². The summed E-state index contributed by atoms with van der Waals surface area (Å²) in [5, 5.41) is 4.32. The molecule has 0 radical (unpaired) electrons. The molecule has 23 heavy (non-hydrogen) atoms. The van der Waals surface area contributed by atoms with Gasteiger partial charge in [0.1, 0.15) is 0 Å². The molecule has 7 heteroatoms. The van der Waals surface area contributed by atoms with E-state index in [9.17, 15) is 4.79 Å². The zero-order chi connectivity index (χ0) is 15.7. The minimum absolute atomic E-state index is 0. The van der Waals surface area contributed by atoms with Gasteiger partial charge in [0.2, 0.25) is 5.91 Å². The lowest BCUT2D eigenvalue weighted by Gasteiger charge is -2.35. The number of halogens is 1. The molecule has 1 aromatic heterocycles. The molecule has 0 aromatic carbocycles. The van der Waals surface area contributed by atoms with Crippen LogP contribution in [0.1, 0.15) is 37.1 Å². The van der Waals surface area contributed by atoms with Crippen LogP contribution in [0.25, 0.3) is 0 Å². The number of carbonyl (C=O) groups excluding carboxylic acids is 1. The molecular formula is C16H25ClN4OS. The van der Waals surface area contributed by atoms with Gasteiger partial charge in [-0.15, -0.1) is 12.4 Å². The Hall–Kier alpha value is -0.850. The van der Waals surface area contributed by atoms with Crippen LogP contribution in [0.4, 0.5) is 0 Å². The van der Waals surface area contributed by atoms with E-state index in [0.717, 1.165) is 24.2 Å². The standard InChI is InChI=1S/C16H24N4OS.ClH/c1-10-6-11(2)18-16(17-10)22-9-15(21)20(3)14-7-12-4-5-13(8-14)19-12;/h6,12-14,19H,4-5,7-9H2,1-3H3;1H. The molecule has 2 bridgehead atoms. The van der Waals surface area contributed by atoms with Crippen LogP contribution in [0.15, 0.2) is 11.2 Å². The van der Waals surface area contributed by atoms with Crippen LogP contribution in [-0.2, 0) is 4.79 Å². The second-order valence-corrected chi connectivity index (χ2v) is 7.43. The average molecular weight is 357 g/mol. The van der Waals surface area contributed by atoms with Gasteiger partial charge in [-0.2, -0.15) is 0 Å². The molecule has 1 N–H and O–H groups in total. The van der Waals surface area contributed by atoms with Crippen molar-refractivity contribution in [2.75, 3.05) is 12.8 Å². The molecule has 0 saturated carbocycles. The normalized spacial score (nSPS) is 25.8. The minimum atomic E-state index is 0. The Kier molecular flexibility index (Phi) is 6.28. The van der Waals surface area contributed by atoms with Crippen LogP contribution < -0.4 is 5.32 Å². The lowest BCUT2D eigenvalue weighted by atomic mass is 9.98. The van der Waals surface area contributed by atoms with Crippen LogP contribution in [-0.4, -0.2) is 51.7 Å². The number of rotatable bonds is 4. The number of nitrogens with one attached hydrogen (secondary N) is 1. The second-order valence-electron chi connectivity index (χ2n) is 6.49. The Balaban J connectivity index is 0.00000192. The van der Waals surface area contributed by atoms with Gasteiger partial charge in [0, 0.05) is 36.6 Å². The van der Waals surface area contributed by atoms with Gasteiger partial charge in [0.25, 0.3) is 0 Å². The predicted octanol–water partition coefficient (Wildman–Crippen LogP) is 2.35. The largest absolute Gasteiger partial charge is 0.342 e. The number of carbonyl (C=O) groups is 1. The van der Waals surface area contributed by atoms with Crippen molar-refractivity contribution < 1.29 is 4.79 Å². The highest BCUT2D eigenvalue weighted by atomic mass is 35.5. The monoisotopic (exact) mass is 356 g/mol. The number of aromatic nitrogens is 2. The second kappa shape index (κ2) is 7.81. The van der Waals surface area contributed by atoms with Gasteiger partial charge in [-0.05, 0) is 45.6 Å². The highest BCUT2D eigenvalue weighted by Gasteiger charge is 2.36. The molecule has 1 amide bonds. The lowest BCUT2D eigenvalue weighted by molar-refractivity contribution is -0.129. The van der Waals surface area contributed by atoms with E-state index in [1.54, 1.807) is 0 Å². The van der Waals surface area contributed by atoms with Crippen LogP contribution in [0.2, 0.25) is 0 Å². The molecule has 2 fully saturated rings. The first kappa shape index (κ1) is 18.5. The Morgan fingerprint density at radius 1 is 1.26 bits per heavy atom. The summed E-state index contributed by atoms with van der Waals surface area (Å²) in [5.41, 5.74) is 1.90. The van der Waals surface area contributed by atoms with Crippen molar-refractivity contribution in [3.63, 3.8) is 0 Å². The molecule has 2 aliphatic rings. The smallest absolute Gasteiger partial charge is 0.233 e. The third-order valence-corrected chi connectivity index (χ3v) is 5.51. The Labute approximate surface area is 148 Å². The summed E-state index contributed by atoms with van der Waals surface area (Å²) < 4.78 is 0. The molecule has 2 atom stereocenters. The molecule has 2 aliphatic heterocycles. The summed E-state index contributed by atoms with van der Waals surface area (Å²) in [6.45, 7) is 3.91. The third kappa shape index (κ3) is 4.58. The number of piperidine rings is 1. The first-order chi connectivity index (χ1) is 10.5. The van der Waals surface area contributed by atoms with Gasteiger partial charge in [0.05, 0.1) is 5.75 Å². The van der Waals surface area contributed by atoms with Gasteiger partial charge in [-0.25, -0.2) is 9.97 Å². The summed E-state index contributed by atoms with van der Waals surface area (Å²) in [4.78, 5) is 23.2. The number of thioether (sulfide) groups is 1. The molecular weight excluding hydrogens is 332 g/mol. The topological polar surface area (TPSA) is 58.1 Å². The quantitative estimate of drug-likeness (QED) is 0.663. The fraction of sp³-hybridized carbons (Fsp3) is 0.688. The molecule has 128 valence electrons. The summed E-state index contributed by atoms with van der Waals surface area (Å²) in [6.07, 6.45) is 4.69. The molecule has 2 saturated heterocycles. The number of hydrogen-bond donors (Lipinski definition) is 1. The zero-order valence-corrected chi connectivity index (χ0v) is 15.5. The summed E-state index contributed by atoms with van der Waals surface area (Å²) in [6, 6.07) is 3.54. The number of amides is 1. The lowest BCUT2D eigenvalue weighted by Crippen LogP contribution is -2.49. The molecule has 3 rings (SSSR count). The van der Waals surface area contributed by atoms with Crippen LogP contribution in [0, 0.1) is 13.8 Å². The molecule has 0 spiro atoms. The van der Waals surface area contributed by atoms with Crippen molar-refractivity contribution in [2.45, 2.75) is 62.8 Å². The Morgan fingerprint density at radius 3 is 2.39 bits per heavy atom. The molecule has 0 aliphatic carbocycles. The maximum absolute atomic E-state index is 12.4. The van der Waals surface area contributed by atoms with E-state index in [1.807, 2.05) is 31.9 Å². The summed E-state index contributed by atoms with van der Waals surface area (Å²) in [7, 11) is 1.95. The molecule has 3 heterocycles. The van der Waals surface area contributed by atoms with E-state index in [0.29, 0.717) is 29.0 Å². The SMILES string of the molecule is Cc1cc(C)nc(SCC(=O)N(C)C2CC3CCC(C2)N3)n1.Cl. The molecule has 1 aromatic rings. The van der Waals surface area contributed by atoms with Gasteiger partial charge >= 0.3 is 0 Å². The van der Waals surface area contributed by atoms with E-state index < -0.39 is 0 Å². The van der Waals surface area contributed by atoms with Crippen LogP contribution in [0.3, 0.4) is 0 Å². The first-order valence-electron chi connectivity index (χ1n) is 7.98. The van der Waals surface area contributed by atoms with Gasteiger partial charge in [-0.1, -0.05) is 11.8 Å². The van der Waals surface area contributed by atoms with Crippen molar-refractivity contribution in [1.29, 1.82) is 0 Å². The van der Waals surface area contributed by atoms with Crippen LogP contribution >= 0.6 is 24.2 Å². The van der Waals surface area contributed by atoms with Crippen molar-refractivity contribution in [3.8, 4) is 0 Å². The van der Waals surface area contributed by atoms with Crippen molar-refractivity contribution in [1.82, 2.24) is 20.2 Å². The van der Waals surface area contributed by atoms with Gasteiger partial charge in [-0.3, -0.25) is 4.79 Å². The van der Waals surface area contributed by atoms with Crippen LogP contribution in [0.5, 0.6) is 0 Å². The highest BCUT2D eigenvalue weighted by Crippen LogP contribution is 2.29. The summed E-state index contributed by atoms with van der Waals surface area (Å²) >= 11 is 1.44. The van der Waals surface area contributed by atoms with E-state index >= 15 is 0 Å². The van der Waals surface area contributed by atoms with Gasteiger partial charge < -0.3 is 10.2 Å². The van der Waals surface area contributed by atoms with Crippen molar-refractivity contribution in [3.05, 3.63) is 17.5 Å². The van der Waals surface area contributed by atoms with Gasteiger partial charge in [0.15, 0.2) is 5.16 Å². The fourth-order valence-corrected chi connectivity index (χ4v) is 4.41. The fourth-order valence-electron chi connectivity index (χ4n) is 3.53. The van der Waals surface area contributed by atoms with E-state index in [1.165, 1.54) is 24.6 Å². The number of nitrogens with zero attached hydrogens (tertiary/aromatic N) is 3. The molecule has 5 nitrogen and oxygen atoms in total. The van der Waals surface area contributed by atoms with E-state index in [4.69, 9.17) is 0 Å². The number of hydrogen-bond acceptors (Lipinski definition) is 5. The highest BCUT2D eigenvalue weighted by molar-refractivity contribution is 7.99. The maximum atomic E-state index is 12.4. The summed E-state index contributed by atoms with van der Waals surface area (Å²) in [5.74, 6) is 0.595. The first-order valence-corrected chi connectivity index (χ1v) is 8.96. The third-order valence-electron chi connectivity index (χ3n) is 4.68.